The molecule has 0 spiro atoms. The van der Waals surface area contributed by atoms with E-state index in [1.807, 2.05) is 0 Å². The van der Waals surface area contributed by atoms with Gasteiger partial charge < -0.3 is 8.95 Å². The molecule has 0 bridgehead atoms. The Bertz CT molecular complexity index is 171. The van der Waals surface area contributed by atoms with E-state index < -0.39 is 16.7 Å². The van der Waals surface area contributed by atoms with E-state index in [0.29, 0.717) is 0 Å². The van der Waals surface area contributed by atoms with Crippen LogP contribution < -0.4 is 0 Å². The molecule has 0 aromatic rings. The van der Waals surface area contributed by atoms with Crippen molar-refractivity contribution in [1.82, 2.24) is 0 Å². The molecule has 0 saturated heterocycles. The van der Waals surface area contributed by atoms with Gasteiger partial charge in [-0.15, -0.1) is 6.26 Å². The van der Waals surface area contributed by atoms with Crippen LogP contribution in [0.25, 0.3) is 0 Å². The van der Waals surface area contributed by atoms with Crippen molar-refractivity contribution in [2.75, 3.05) is 12.9 Å². The van der Waals surface area contributed by atoms with Crippen molar-refractivity contribution in [3.63, 3.8) is 0 Å². The molecule has 5 heteroatoms. The van der Waals surface area contributed by atoms with Crippen molar-refractivity contribution in [3.8, 4) is 0 Å². The fourth-order valence-electron chi connectivity index (χ4n) is 0.255. The average Bonchev–Trinajstić information content (AvgIpc) is 1.63. The van der Waals surface area contributed by atoms with Crippen LogP contribution in [0.15, 0.2) is 4.36 Å². The molecule has 0 aliphatic heterocycles. The Kier molecular flexibility index (Phi) is 4.04. The van der Waals surface area contributed by atoms with Gasteiger partial charge in [0, 0.05) is 0 Å². The molecule has 0 rings (SSSR count). The second-order valence-corrected chi connectivity index (χ2v) is 2.24. The third-order valence-electron chi connectivity index (χ3n) is 0.471. The molecule has 0 radical (unpaired) electrons. The number of rotatable bonds is 1. The van der Waals surface area contributed by atoms with E-state index >= 15 is 0 Å². The van der Waals surface area contributed by atoms with E-state index in [9.17, 15) is 9.00 Å². The van der Waals surface area contributed by atoms with Gasteiger partial charge in [0.1, 0.15) is 0 Å². The molecule has 0 unspecified atom stereocenters. The number of carbonyl (C=O) groups excluding carboxylic acids is 1. The Morgan fingerprint density at radius 1 is 1.78 bits per heavy atom. The molecule has 0 fully saturated rings. The summed E-state index contributed by atoms with van der Waals surface area (Å²) in [6.07, 6.45) is 0.537. The fraction of sp³-hybridized carbons (Fsp3) is 0.750. The molecule has 0 N–H and O–H groups in total. The number of ether oxygens (including phenoxy) is 1. The summed E-state index contributed by atoms with van der Waals surface area (Å²) < 4.78 is 17.6. The second kappa shape index (κ2) is 4.31. The topological polar surface area (TPSA) is 55.7 Å². The molecule has 54 valence electrons. The van der Waals surface area contributed by atoms with Crippen LogP contribution in [-0.2, 0) is 19.5 Å². The highest BCUT2D eigenvalue weighted by molar-refractivity contribution is 7.74. The first-order valence-electron chi connectivity index (χ1n) is 2.39. The van der Waals surface area contributed by atoms with Gasteiger partial charge in [-0.25, -0.2) is 4.79 Å². The summed E-state index contributed by atoms with van der Waals surface area (Å²) in [6, 6.07) is 0. The van der Waals surface area contributed by atoms with Crippen LogP contribution in [0.5, 0.6) is 0 Å². The third-order valence-corrected chi connectivity index (χ3v) is 0.877. The fourth-order valence-corrected chi connectivity index (χ4v) is 0.517. The van der Waals surface area contributed by atoms with Crippen molar-refractivity contribution < 1.29 is 13.7 Å². The SMILES string of the molecule is CCOC(=O)N=[S-](C)=O. The van der Waals surface area contributed by atoms with Gasteiger partial charge in [0.15, 0.2) is 0 Å². The smallest absolute Gasteiger partial charge is 0.409 e. The first-order valence-corrected chi connectivity index (χ1v) is 3.90. The number of hydrogen-bond donors (Lipinski definition) is 0. The molecule has 0 aromatic carbocycles. The average molecular weight is 150 g/mol. The minimum absolute atomic E-state index is 0.263. The van der Waals surface area contributed by atoms with E-state index in [1.54, 1.807) is 6.92 Å². The summed E-state index contributed by atoms with van der Waals surface area (Å²) in [5.74, 6) is 0. The maximum atomic E-state index is 10.3. The van der Waals surface area contributed by atoms with Crippen molar-refractivity contribution in [2.45, 2.75) is 6.92 Å². The molecular formula is C4H8NO3S-. The number of carbonyl (C=O) groups is 1. The van der Waals surface area contributed by atoms with E-state index in [-0.39, 0.29) is 6.61 Å². The standard InChI is InChI=1S/C4H8NO3S/c1-3-8-4(6)5-9(2)7/h3H2,1-2H3/q-1. The lowest BCUT2D eigenvalue weighted by Gasteiger charge is -1.95. The number of amides is 1. The Morgan fingerprint density at radius 3 is 2.67 bits per heavy atom. The summed E-state index contributed by atoms with van der Waals surface area (Å²) in [5.41, 5.74) is 0. The molecular weight excluding hydrogens is 142 g/mol. The summed E-state index contributed by atoms with van der Waals surface area (Å²) in [4.78, 5) is 10.3. The molecule has 0 aromatic heterocycles. The Hall–Kier alpha value is -0.580. The maximum Gasteiger partial charge on any atom is 0.409 e. The van der Waals surface area contributed by atoms with Gasteiger partial charge in [-0.2, -0.15) is 10.6 Å². The molecule has 0 aliphatic rings. The van der Waals surface area contributed by atoms with Crippen LogP contribution in [-0.4, -0.2) is 19.0 Å². The van der Waals surface area contributed by atoms with Crippen LogP contribution in [0, 0.1) is 0 Å². The van der Waals surface area contributed by atoms with Crippen LogP contribution in [0.3, 0.4) is 0 Å². The second-order valence-electron chi connectivity index (χ2n) is 1.21. The van der Waals surface area contributed by atoms with E-state index in [1.165, 1.54) is 6.26 Å². The van der Waals surface area contributed by atoms with Crippen LogP contribution in [0.1, 0.15) is 6.92 Å². The van der Waals surface area contributed by atoms with Crippen molar-refractivity contribution in [1.29, 1.82) is 0 Å². The van der Waals surface area contributed by atoms with Crippen molar-refractivity contribution >= 4 is 16.7 Å². The van der Waals surface area contributed by atoms with Gasteiger partial charge in [-0.1, -0.05) is 0 Å². The molecule has 0 atom stereocenters. The summed E-state index contributed by atoms with van der Waals surface area (Å²) in [6.45, 7) is 1.92. The van der Waals surface area contributed by atoms with Crippen LogP contribution >= 0.6 is 0 Å². The Morgan fingerprint density at radius 2 is 2.33 bits per heavy atom. The van der Waals surface area contributed by atoms with E-state index in [2.05, 4.69) is 9.10 Å². The minimum Gasteiger partial charge on any atom is -0.450 e. The lowest BCUT2D eigenvalue weighted by atomic mass is 10.9. The van der Waals surface area contributed by atoms with Crippen LogP contribution in [0.4, 0.5) is 4.79 Å². The molecule has 0 heterocycles. The summed E-state index contributed by atoms with van der Waals surface area (Å²) in [7, 11) is -1.45. The quantitative estimate of drug-likeness (QED) is 0.522. The highest BCUT2D eigenvalue weighted by Gasteiger charge is 1.87. The molecule has 0 saturated carbocycles. The van der Waals surface area contributed by atoms with E-state index in [0.717, 1.165) is 0 Å². The van der Waals surface area contributed by atoms with Gasteiger partial charge in [0.05, 0.1) is 6.61 Å². The third kappa shape index (κ3) is 5.29. The van der Waals surface area contributed by atoms with Crippen molar-refractivity contribution in [3.05, 3.63) is 0 Å². The monoisotopic (exact) mass is 150 g/mol. The number of nitrogens with zero attached hydrogens (tertiary/aromatic N) is 1. The van der Waals surface area contributed by atoms with E-state index in [4.69, 9.17) is 0 Å². The molecule has 9 heavy (non-hydrogen) atoms. The van der Waals surface area contributed by atoms with Gasteiger partial charge in [0.25, 0.3) is 0 Å². The predicted octanol–water partition coefficient (Wildman–Crippen LogP) is 0.920. The van der Waals surface area contributed by atoms with Crippen molar-refractivity contribution in [2.24, 2.45) is 4.36 Å². The maximum absolute atomic E-state index is 10.3. The highest BCUT2D eigenvalue weighted by Crippen LogP contribution is 1.82. The summed E-state index contributed by atoms with van der Waals surface area (Å²) >= 11 is 0. The molecule has 0 aliphatic carbocycles. The molecule has 1 amide bonds. The van der Waals surface area contributed by atoms with Gasteiger partial charge in [-0.05, 0) is 6.92 Å². The molecule has 4 nitrogen and oxygen atoms in total. The normalized spacial score (nSPS) is 13.1. The minimum atomic E-state index is -1.45. The van der Waals surface area contributed by atoms with Gasteiger partial charge in [0.2, 0.25) is 0 Å². The zero-order valence-electron chi connectivity index (χ0n) is 5.29. The lowest BCUT2D eigenvalue weighted by Crippen LogP contribution is -1.96. The predicted molar refractivity (Wildman–Crippen MR) is 33.4 cm³/mol. The Labute approximate surface area is 55.4 Å². The van der Waals surface area contributed by atoms with Crippen LogP contribution in [0.2, 0.25) is 0 Å². The number of hydrogen-bond acceptors (Lipinski definition) is 4. The lowest BCUT2D eigenvalue weighted by molar-refractivity contribution is 0.164. The first-order chi connectivity index (χ1) is 4.16. The first kappa shape index (κ1) is 8.42. The largest absolute Gasteiger partial charge is 0.450 e. The van der Waals surface area contributed by atoms with Gasteiger partial charge in [-0.3, -0.25) is 4.36 Å². The summed E-state index contributed by atoms with van der Waals surface area (Å²) in [5, 5.41) is 0. The highest BCUT2D eigenvalue weighted by atomic mass is 32.2. The zero-order valence-corrected chi connectivity index (χ0v) is 6.10. The van der Waals surface area contributed by atoms with Gasteiger partial charge >= 0.3 is 6.09 Å². The zero-order chi connectivity index (χ0) is 7.28. The Balaban J connectivity index is 3.78.